The van der Waals surface area contributed by atoms with Crippen LogP contribution < -0.4 is 0 Å². The molecule has 0 radical (unpaired) electrons. The molecule has 0 N–H and O–H groups in total. The van der Waals surface area contributed by atoms with E-state index < -0.39 is 4.32 Å². The van der Waals surface area contributed by atoms with Crippen LogP contribution in [0.25, 0.3) is 0 Å². The Morgan fingerprint density at radius 1 is 1.37 bits per heavy atom. The Balaban J connectivity index is 2.07. The van der Waals surface area contributed by atoms with Crippen molar-refractivity contribution in [3.8, 4) is 0 Å². The van der Waals surface area contributed by atoms with Gasteiger partial charge in [-0.2, -0.15) is 0 Å². The first-order valence-corrected chi connectivity index (χ1v) is 7.70. The Labute approximate surface area is 121 Å². The van der Waals surface area contributed by atoms with Gasteiger partial charge in [-0.3, -0.25) is 9.59 Å². The van der Waals surface area contributed by atoms with E-state index >= 15 is 0 Å². The minimum Gasteiger partial charge on any atom is -0.461 e. The van der Waals surface area contributed by atoms with Crippen molar-refractivity contribution in [3.63, 3.8) is 0 Å². The van der Waals surface area contributed by atoms with Crippen LogP contribution in [0.4, 0.5) is 0 Å². The normalized spacial score (nSPS) is 52.6. The van der Waals surface area contributed by atoms with Crippen molar-refractivity contribution < 1.29 is 14.3 Å². The summed E-state index contributed by atoms with van der Waals surface area (Å²) >= 11 is 3.62. The fourth-order valence-corrected chi connectivity index (χ4v) is 5.14. The summed E-state index contributed by atoms with van der Waals surface area (Å²) in [6.45, 7) is 6.04. The number of alkyl halides is 1. The van der Waals surface area contributed by atoms with Crippen LogP contribution in [0.1, 0.15) is 33.6 Å². The first-order valence-electron chi connectivity index (χ1n) is 6.90. The molecule has 3 aliphatic rings. The molecule has 0 aromatic heterocycles. The van der Waals surface area contributed by atoms with E-state index in [0.29, 0.717) is 0 Å². The molecule has 3 rings (SSSR count). The molecule has 1 heterocycles. The fourth-order valence-electron chi connectivity index (χ4n) is 4.22. The number of ether oxygens (including phenoxy) is 1. The molecule has 0 unspecified atom stereocenters. The third-order valence-electron chi connectivity index (χ3n) is 5.42. The number of carbonyl (C=O) groups excluding carboxylic acids is 2. The van der Waals surface area contributed by atoms with Crippen LogP contribution >= 0.6 is 15.9 Å². The quantitative estimate of drug-likeness (QED) is 0.508. The first-order chi connectivity index (χ1) is 8.77. The average Bonchev–Trinajstić information content (AvgIpc) is 2.60. The lowest BCUT2D eigenvalue weighted by atomic mass is 9.55. The minimum absolute atomic E-state index is 0.0187. The summed E-state index contributed by atoms with van der Waals surface area (Å²) in [6.07, 6.45) is 5.57. The number of carbonyl (C=O) groups is 2. The lowest BCUT2D eigenvalue weighted by molar-refractivity contribution is -0.150. The zero-order valence-electron chi connectivity index (χ0n) is 11.5. The predicted octanol–water partition coefficient (Wildman–Crippen LogP) is 2.87. The van der Waals surface area contributed by atoms with Gasteiger partial charge < -0.3 is 4.74 Å². The van der Waals surface area contributed by atoms with Gasteiger partial charge in [0.25, 0.3) is 0 Å². The Hall–Kier alpha value is -0.640. The highest BCUT2D eigenvalue weighted by atomic mass is 79.9. The van der Waals surface area contributed by atoms with Crippen molar-refractivity contribution in [2.24, 2.45) is 23.2 Å². The van der Waals surface area contributed by atoms with Crippen LogP contribution in [-0.2, 0) is 14.3 Å². The number of esters is 1. The fraction of sp³-hybridized carbons (Fsp3) is 0.733. The maximum atomic E-state index is 12.2. The van der Waals surface area contributed by atoms with Gasteiger partial charge in [-0.25, -0.2) is 0 Å². The molecule has 1 aliphatic heterocycles. The van der Waals surface area contributed by atoms with E-state index in [1.165, 1.54) is 0 Å². The summed E-state index contributed by atoms with van der Waals surface area (Å²) in [7, 11) is 0. The zero-order valence-corrected chi connectivity index (χ0v) is 13.1. The third-order valence-corrected chi connectivity index (χ3v) is 6.31. The van der Waals surface area contributed by atoms with Crippen LogP contribution in [0.2, 0.25) is 0 Å². The number of allylic oxidation sites excluding steroid dienone is 2. The molecule has 104 valence electrons. The topological polar surface area (TPSA) is 43.4 Å². The van der Waals surface area contributed by atoms with Gasteiger partial charge in [0.05, 0.1) is 10.2 Å². The molecular formula is C15H19BrO3. The second kappa shape index (κ2) is 3.94. The van der Waals surface area contributed by atoms with Crippen molar-refractivity contribution in [3.05, 3.63) is 12.2 Å². The van der Waals surface area contributed by atoms with Gasteiger partial charge >= 0.3 is 5.97 Å². The Morgan fingerprint density at radius 3 is 2.74 bits per heavy atom. The molecule has 19 heavy (non-hydrogen) atoms. The number of hydrogen-bond acceptors (Lipinski definition) is 3. The molecule has 2 aliphatic carbocycles. The highest BCUT2D eigenvalue weighted by Gasteiger charge is 2.61. The molecule has 0 aromatic carbocycles. The summed E-state index contributed by atoms with van der Waals surface area (Å²) < 4.78 is 5.01. The van der Waals surface area contributed by atoms with Gasteiger partial charge in [-0.1, -0.05) is 35.9 Å². The summed E-state index contributed by atoms with van der Waals surface area (Å²) in [5.41, 5.74) is -0.0718. The van der Waals surface area contributed by atoms with Crippen molar-refractivity contribution in [1.82, 2.24) is 0 Å². The van der Waals surface area contributed by atoms with E-state index in [1.54, 1.807) is 6.08 Å². The third kappa shape index (κ3) is 1.68. The molecular weight excluding hydrogens is 308 g/mol. The van der Waals surface area contributed by atoms with Crippen molar-refractivity contribution in [2.75, 3.05) is 0 Å². The zero-order chi connectivity index (χ0) is 14.0. The summed E-state index contributed by atoms with van der Waals surface area (Å²) in [5.74, 6) is 0.196. The molecule has 1 saturated carbocycles. The standard InChI is InChI=1S/C15H19BrO3/c1-8-9-4-6-14(2)7-5-10(17)15(3,16)12(14)11(9)19-13(8)18/h5,7-9,11-12H,4,6H2,1-3H3/t8-,9-,11-,12+,14-,15+/m0/s1. The van der Waals surface area contributed by atoms with Crippen molar-refractivity contribution in [2.45, 2.75) is 44.0 Å². The largest absolute Gasteiger partial charge is 0.461 e. The lowest BCUT2D eigenvalue weighted by Gasteiger charge is -2.52. The highest BCUT2D eigenvalue weighted by molar-refractivity contribution is 9.10. The summed E-state index contributed by atoms with van der Waals surface area (Å²) in [6, 6.07) is 0. The molecule has 0 amide bonds. The molecule has 2 fully saturated rings. The van der Waals surface area contributed by atoms with Crippen molar-refractivity contribution in [1.29, 1.82) is 0 Å². The number of hydrogen-bond donors (Lipinski definition) is 0. The molecule has 0 bridgehead atoms. The molecule has 4 heteroatoms. The molecule has 6 atom stereocenters. The lowest BCUT2D eigenvalue weighted by Crippen LogP contribution is -2.57. The van der Waals surface area contributed by atoms with Gasteiger partial charge in [0.2, 0.25) is 0 Å². The van der Waals surface area contributed by atoms with Gasteiger partial charge in [-0.05, 0) is 31.3 Å². The van der Waals surface area contributed by atoms with Crippen molar-refractivity contribution >= 4 is 27.7 Å². The van der Waals surface area contributed by atoms with E-state index in [1.807, 2.05) is 19.9 Å². The molecule has 1 saturated heterocycles. The minimum atomic E-state index is -0.635. The van der Waals surface area contributed by atoms with Gasteiger partial charge in [0, 0.05) is 11.8 Å². The summed E-state index contributed by atoms with van der Waals surface area (Å²) in [5, 5.41) is 0. The van der Waals surface area contributed by atoms with Crippen LogP contribution in [0.3, 0.4) is 0 Å². The summed E-state index contributed by atoms with van der Waals surface area (Å²) in [4.78, 5) is 24.1. The van der Waals surface area contributed by atoms with E-state index in [4.69, 9.17) is 4.74 Å². The van der Waals surface area contributed by atoms with Gasteiger partial charge in [0.15, 0.2) is 5.78 Å². The van der Waals surface area contributed by atoms with Crippen LogP contribution in [0.15, 0.2) is 12.2 Å². The smallest absolute Gasteiger partial charge is 0.309 e. The molecule has 0 spiro atoms. The molecule has 3 nitrogen and oxygen atoms in total. The van der Waals surface area contributed by atoms with Gasteiger partial charge in [0.1, 0.15) is 6.10 Å². The Bertz CT molecular complexity index is 482. The van der Waals surface area contributed by atoms with E-state index in [9.17, 15) is 9.59 Å². The number of fused-ring (bicyclic) bond motifs is 3. The predicted molar refractivity (Wildman–Crippen MR) is 74.8 cm³/mol. The maximum absolute atomic E-state index is 12.2. The Kier molecular flexibility index (Phi) is 2.76. The highest BCUT2D eigenvalue weighted by Crippen LogP contribution is 2.58. The SMILES string of the molecule is C[C@@H]1C(=O)O[C@H]2[C@H]1CC[C@@]1(C)C=CC(=O)[C@@](C)(Br)[C@H]21. The van der Waals surface area contributed by atoms with E-state index in [-0.39, 0.29) is 41.0 Å². The maximum Gasteiger partial charge on any atom is 0.309 e. The van der Waals surface area contributed by atoms with Crippen LogP contribution in [-0.4, -0.2) is 22.2 Å². The Morgan fingerprint density at radius 2 is 2.05 bits per heavy atom. The number of halogens is 1. The monoisotopic (exact) mass is 326 g/mol. The second-order valence-electron chi connectivity index (χ2n) is 6.65. The number of ketones is 1. The second-order valence-corrected chi connectivity index (χ2v) is 8.30. The van der Waals surface area contributed by atoms with E-state index in [0.717, 1.165) is 12.8 Å². The number of rotatable bonds is 0. The average molecular weight is 327 g/mol. The van der Waals surface area contributed by atoms with E-state index in [2.05, 4.69) is 22.9 Å². The van der Waals surface area contributed by atoms with Gasteiger partial charge in [-0.15, -0.1) is 0 Å². The van der Waals surface area contributed by atoms with Crippen LogP contribution in [0.5, 0.6) is 0 Å². The van der Waals surface area contributed by atoms with Crippen LogP contribution in [0, 0.1) is 23.2 Å². The first kappa shape index (κ1) is 13.3. The molecule has 0 aromatic rings.